The Morgan fingerprint density at radius 3 is 2.61 bits per heavy atom. The zero-order valence-corrected chi connectivity index (χ0v) is 10.9. The van der Waals surface area contributed by atoms with Crippen molar-refractivity contribution in [3.63, 3.8) is 0 Å². The Hall–Kier alpha value is -1.69. The number of rotatable bonds is 3. The van der Waals surface area contributed by atoms with Crippen molar-refractivity contribution in [2.24, 2.45) is 0 Å². The number of imide groups is 1. The van der Waals surface area contributed by atoms with Crippen LogP contribution in [0.25, 0.3) is 0 Å². The summed E-state index contributed by atoms with van der Waals surface area (Å²) in [6.07, 6.45) is 0.542. The van der Waals surface area contributed by atoms with Gasteiger partial charge in [-0.05, 0) is 25.5 Å². The molecule has 6 nitrogen and oxygen atoms in total. The number of nitrogens with one attached hydrogen (secondary N) is 1. The van der Waals surface area contributed by atoms with Gasteiger partial charge in [0, 0.05) is 0 Å². The number of urea groups is 1. The maximum absolute atomic E-state index is 12.1. The van der Waals surface area contributed by atoms with Crippen LogP contribution in [0.3, 0.4) is 0 Å². The molecule has 1 fully saturated rings. The molecule has 1 atom stereocenters. The molecular formula is C11H13ClN4O2. The molecule has 18 heavy (non-hydrogen) atoms. The smallest absolute Gasteiger partial charge is 0.323 e. The molecule has 1 N–H and O–H groups in total. The topological polar surface area (TPSA) is 75.2 Å². The highest BCUT2D eigenvalue weighted by Gasteiger charge is 2.46. The number of nitrogens with zero attached hydrogens (tertiary/aromatic N) is 3. The van der Waals surface area contributed by atoms with E-state index in [0.29, 0.717) is 12.1 Å². The van der Waals surface area contributed by atoms with Gasteiger partial charge in [0.1, 0.15) is 5.54 Å². The maximum atomic E-state index is 12.1. The first-order chi connectivity index (χ1) is 8.46. The van der Waals surface area contributed by atoms with Gasteiger partial charge >= 0.3 is 6.03 Å². The van der Waals surface area contributed by atoms with Gasteiger partial charge < -0.3 is 5.32 Å². The molecule has 0 spiro atoms. The van der Waals surface area contributed by atoms with Crippen LogP contribution in [-0.2, 0) is 11.3 Å². The molecule has 2 heterocycles. The fourth-order valence-electron chi connectivity index (χ4n) is 1.72. The third-order valence-electron chi connectivity index (χ3n) is 3.06. The number of halogens is 1. The quantitative estimate of drug-likeness (QED) is 0.840. The zero-order chi connectivity index (χ0) is 13.3. The second-order valence-electron chi connectivity index (χ2n) is 4.35. The number of carbonyl (C=O) groups excluding carboxylic acids is 2. The normalized spacial score (nSPS) is 23.4. The van der Waals surface area contributed by atoms with Gasteiger partial charge in [0.05, 0.1) is 12.2 Å². The molecule has 0 aliphatic carbocycles. The highest BCUT2D eigenvalue weighted by atomic mass is 35.5. The van der Waals surface area contributed by atoms with Crippen molar-refractivity contribution >= 4 is 23.5 Å². The molecular weight excluding hydrogens is 256 g/mol. The number of aromatic nitrogens is 2. The van der Waals surface area contributed by atoms with E-state index < -0.39 is 11.6 Å². The van der Waals surface area contributed by atoms with Crippen LogP contribution >= 0.6 is 11.6 Å². The largest absolute Gasteiger partial charge is 0.325 e. The Labute approximate surface area is 109 Å². The Bertz CT molecular complexity index is 490. The summed E-state index contributed by atoms with van der Waals surface area (Å²) in [7, 11) is 0. The Kier molecular flexibility index (Phi) is 3.21. The van der Waals surface area contributed by atoms with Crippen LogP contribution in [0, 0.1) is 0 Å². The molecule has 96 valence electrons. The summed E-state index contributed by atoms with van der Waals surface area (Å²) < 4.78 is 0. The van der Waals surface area contributed by atoms with Gasteiger partial charge in [0.2, 0.25) is 0 Å². The van der Waals surface area contributed by atoms with Crippen LogP contribution in [-0.4, -0.2) is 32.6 Å². The molecule has 7 heteroatoms. The van der Waals surface area contributed by atoms with Crippen molar-refractivity contribution in [3.8, 4) is 0 Å². The van der Waals surface area contributed by atoms with Crippen molar-refractivity contribution in [1.29, 1.82) is 0 Å². The standard InChI is InChI=1S/C11H13ClN4O2/c1-3-11(2)9(17)16(10(18)13-11)6-7-4-5-8(12)15-14-7/h4-5H,3,6H2,1-2H3,(H,13,18). The van der Waals surface area contributed by atoms with Gasteiger partial charge in [0.25, 0.3) is 5.91 Å². The fourth-order valence-corrected chi connectivity index (χ4v) is 1.82. The lowest BCUT2D eigenvalue weighted by molar-refractivity contribution is -0.131. The minimum Gasteiger partial charge on any atom is -0.323 e. The van der Waals surface area contributed by atoms with E-state index in [2.05, 4.69) is 15.5 Å². The molecule has 1 aliphatic heterocycles. The summed E-state index contributed by atoms with van der Waals surface area (Å²) in [6.45, 7) is 3.66. The van der Waals surface area contributed by atoms with Crippen LogP contribution in [0.15, 0.2) is 12.1 Å². The van der Waals surface area contributed by atoms with Crippen molar-refractivity contribution in [1.82, 2.24) is 20.4 Å². The van der Waals surface area contributed by atoms with Gasteiger partial charge in [-0.2, -0.15) is 5.10 Å². The van der Waals surface area contributed by atoms with Crippen LogP contribution < -0.4 is 5.32 Å². The highest BCUT2D eigenvalue weighted by Crippen LogP contribution is 2.22. The predicted octanol–water partition coefficient (Wildman–Crippen LogP) is 1.35. The lowest BCUT2D eigenvalue weighted by Crippen LogP contribution is -2.43. The van der Waals surface area contributed by atoms with Gasteiger partial charge in [-0.25, -0.2) is 4.79 Å². The third kappa shape index (κ3) is 2.15. The fraction of sp³-hybridized carbons (Fsp3) is 0.455. The second kappa shape index (κ2) is 4.53. The van der Waals surface area contributed by atoms with E-state index in [4.69, 9.17) is 11.6 Å². The molecule has 0 radical (unpaired) electrons. The van der Waals surface area contributed by atoms with E-state index in [1.165, 1.54) is 0 Å². The third-order valence-corrected chi connectivity index (χ3v) is 3.26. The van der Waals surface area contributed by atoms with Gasteiger partial charge in [-0.1, -0.05) is 18.5 Å². The highest BCUT2D eigenvalue weighted by molar-refractivity contribution is 6.29. The van der Waals surface area contributed by atoms with E-state index in [0.717, 1.165) is 4.90 Å². The Balaban J connectivity index is 2.17. The molecule has 0 saturated carbocycles. The lowest BCUT2D eigenvalue weighted by atomic mass is 9.99. The first kappa shape index (κ1) is 12.8. The summed E-state index contributed by atoms with van der Waals surface area (Å²) in [5.41, 5.74) is -0.306. The van der Waals surface area contributed by atoms with Gasteiger partial charge in [-0.3, -0.25) is 9.69 Å². The monoisotopic (exact) mass is 268 g/mol. The summed E-state index contributed by atoms with van der Waals surface area (Å²) in [6, 6.07) is 2.81. The van der Waals surface area contributed by atoms with Crippen molar-refractivity contribution in [3.05, 3.63) is 23.0 Å². The van der Waals surface area contributed by atoms with E-state index in [-0.39, 0.29) is 17.6 Å². The molecule has 0 bridgehead atoms. The van der Waals surface area contributed by atoms with E-state index >= 15 is 0 Å². The first-order valence-electron chi connectivity index (χ1n) is 5.58. The summed E-state index contributed by atoms with van der Waals surface area (Å²) in [5.74, 6) is -0.244. The van der Waals surface area contributed by atoms with Crippen LogP contribution in [0.2, 0.25) is 5.15 Å². The van der Waals surface area contributed by atoms with E-state index in [1.54, 1.807) is 19.1 Å². The SMILES string of the molecule is CCC1(C)NC(=O)N(Cc2ccc(Cl)nn2)C1=O. The van der Waals surface area contributed by atoms with Crippen LogP contribution in [0.4, 0.5) is 4.79 Å². The Morgan fingerprint density at radius 2 is 2.11 bits per heavy atom. The molecule has 1 aromatic rings. The maximum Gasteiger partial charge on any atom is 0.325 e. The number of hydrogen-bond donors (Lipinski definition) is 1. The van der Waals surface area contributed by atoms with Gasteiger partial charge in [0.15, 0.2) is 5.15 Å². The average Bonchev–Trinajstić information content (AvgIpc) is 2.56. The molecule has 0 aromatic carbocycles. The number of hydrogen-bond acceptors (Lipinski definition) is 4. The van der Waals surface area contributed by atoms with Gasteiger partial charge in [-0.15, -0.1) is 5.10 Å². The molecule has 1 aromatic heterocycles. The molecule has 3 amide bonds. The van der Waals surface area contributed by atoms with Crippen molar-refractivity contribution < 1.29 is 9.59 Å². The average molecular weight is 269 g/mol. The van der Waals surface area contributed by atoms with Crippen LogP contribution in [0.1, 0.15) is 26.0 Å². The summed E-state index contributed by atoms with van der Waals surface area (Å²) in [4.78, 5) is 25.0. The molecule has 1 unspecified atom stereocenters. The number of carbonyl (C=O) groups is 2. The van der Waals surface area contributed by atoms with Crippen molar-refractivity contribution in [2.45, 2.75) is 32.4 Å². The van der Waals surface area contributed by atoms with E-state index in [9.17, 15) is 9.59 Å². The van der Waals surface area contributed by atoms with Crippen LogP contribution in [0.5, 0.6) is 0 Å². The summed E-state index contributed by atoms with van der Waals surface area (Å²) in [5, 5.41) is 10.4. The minimum atomic E-state index is -0.822. The number of amides is 3. The molecule has 1 aliphatic rings. The lowest BCUT2D eigenvalue weighted by Gasteiger charge is -2.18. The second-order valence-corrected chi connectivity index (χ2v) is 4.74. The van der Waals surface area contributed by atoms with E-state index in [1.807, 2.05) is 6.92 Å². The van der Waals surface area contributed by atoms with Crippen molar-refractivity contribution in [2.75, 3.05) is 0 Å². The minimum absolute atomic E-state index is 0.102. The first-order valence-corrected chi connectivity index (χ1v) is 5.96. The zero-order valence-electron chi connectivity index (χ0n) is 10.1. The Morgan fingerprint density at radius 1 is 1.39 bits per heavy atom. The molecule has 2 rings (SSSR count). The molecule has 1 saturated heterocycles. The predicted molar refractivity (Wildman–Crippen MR) is 64.8 cm³/mol. The summed E-state index contributed by atoms with van der Waals surface area (Å²) >= 11 is 5.62.